The molecule has 73 valence electrons. The summed E-state index contributed by atoms with van der Waals surface area (Å²) < 4.78 is 0. The van der Waals surface area contributed by atoms with E-state index in [1.807, 2.05) is 13.5 Å². The Morgan fingerprint density at radius 3 is 1.33 bits per heavy atom. The van der Waals surface area contributed by atoms with Crippen LogP contribution in [0.2, 0.25) is 0 Å². The molecule has 0 saturated carbocycles. The minimum atomic E-state index is 0.310. The maximum atomic E-state index is 3.44. The Hall–Kier alpha value is -0.0400. The van der Waals surface area contributed by atoms with Crippen LogP contribution < -0.4 is 5.32 Å². The summed E-state index contributed by atoms with van der Waals surface area (Å²) in [6.45, 7) is 17.8. The Labute approximate surface area is 77.9 Å². The van der Waals surface area contributed by atoms with Gasteiger partial charge in [0.2, 0.25) is 0 Å². The molecule has 0 heterocycles. The van der Waals surface area contributed by atoms with Gasteiger partial charge in [0.1, 0.15) is 0 Å². The molecule has 0 aliphatic rings. The molecule has 0 bridgehead atoms. The summed E-state index contributed by atoms with van der Waals surface area (Å²) in [6, 6.07) is 0.523. The van der Waals surface area contributed by atoms with Crippen LogP contribution >= 0.6 is 0 Å². The number of rotatable bonds is 2. The normalized spacial score (nSPS) is 14.0. The third-order valence-corrected chi connectivity index (χ3v) is 2.07. The fourth-order valence-electron chi connectivity index (χ4n) is 1.97. The molecular formula is C11H24N. The van der Waals surface area contributed by atoms with Crippen molar-refractivity contribution in [2.45, 2.75) is 54.5 Å². The minimum Gasteiger partial charge on any atom is -0.309 e. The molecule has 0 aromatic rings. The van der Waals surface area contributed by atoms with Gasteiger partial charge in [0.15, 0.2) is 0 Å². The van der Waals surface area contributed by atoms with Crippen LogP contribution in [0.1, 0.15) is 48.5 Å². The molecule has 12 heavy (non-hydrogen) atoms. The molecule has 0 amide bonds. The average molecular weight is 170 g/mol. The van der Waals surface area contributed by atoms with Crippen molar-refractivity contribution in [3.63, 3.8) is 0 Å². The highest BCUT2D eigenvalue weighted by molar-refractivity contribution is 4.91. The zero-order valence-corrected chi connectivity index (χ0v) is 9.65. The van der Waals surface area contributed by atoms with Crippen LogP contribution in [0.5, 0.6) is 0 Å². The van der Waals surface area contributed by atoms with E-state index < -0.39 is 0 Å². The molecule has 0 saturated heterocycles. The maximum absolute atomic E-state index is 3.44. The van der Waals surface area contributed by atoms with E-state index in [9.17, 15) is 0 Å². The topological polar surface area (TPSA) is 12.0 Å². The molecule has 0 fully saturated rings. The quantitative estimate of drug-likeness (QED) is 0.671. The van der Waals surface area contributed by atoms with Gasteiger partial charge in [-0.2, -0.15) is 0 Å². The summed E-state index contributed by atoms with van der Waals surface area (Å²) in [5, 5.41) is 3.44. The van der Waals surface area contributed by atoms with Crippen molar-refractivity contribution in [2.24, 2.45) is 10.8 Å². The molecule has 1 heteroatoms. The van der Waals surface area contributed by atoms with Crippen LogP contribution in [0.3, 0.4) is 0 Å². The van der Waals surface area contributed by atoms with Gasteiger partial charge in [0.25, 0.3) is 0 Å². The number of hydrogen-bond acceptors (Lipinski definition) is 1. The molecule has 0 unspecified atom stereocenters. The van der Waals surface area contributed by atoms with Gasteiger partial charge in [-0.25, -0.2) is 0 Å². The summed E-state index contributed by atoms with van der Waals surface area (Å²) in [4.78, 5) is 0. The standard InChI is InChI=1S/C11H24N/c1-8-12-9(10(2,3)4)11(5,6)7/h8-9,12H,1-7H3. The summed E-state index contributed by atoms with van der Waals surface area (Å²) in [6.07, 6.45) is 0. The summed E-state index contributed by atoms with van der Waals surface area (Å²) >= 11 is 0. The fourth-order valence-corrected chi connectivity index (χ4v) is 1.97. The van der Waals surface area contributed by atoms with Gasteiger partial charge >= 0.3 is 0 Å². The highest BCUT2D eigenvalue weighted by Crippen LogP contribution is 2.33. The molecule has 0 aliphatic heterocycles. The molecule has 0 spiro atoms. The first-order valence-corrected chi connectivity index (χ1v) is 4.73. The summed E-state index contributed by atoms with van der Waals surface area (Å²) in [5.74, 6) is 0. The van der Waals surface area contributed by atoms with Gasteiger partial charge in [-0.05, 0) is 17.8 Å². The predicted molar refractivity (Wildman–Crippen MR) is 55.8 cm³/mol. The smallest absolute Gasteiger partial charge is 0.0193 e. The maximum Gasteiger partial charge on any atom is 0.0193 e. The molecule has 1 radical (unpaired) electrons. The summed E-state index contributed by atoms with van der Waals surface area (Å²) in [7, 11) is 0. The third-order valence-electron chi connectivity index (χ3n) is 2.07. The van der Waals surface area contributed by atoms with E-state index in [4.69, 9.17) is 0 Å². The minimum absolute atomic E-state index is 0.310. The molecule has 1 N–H and O–H groups in total. The van der Waals surface area contributed by atoms with Crippen molar-refractivity contribution in [2.75, 3.05) is 0 Å². The Morgan fingerprint density at radius 2 is 1.25 bits per heavy atom. The van der Waals surface area contributed by atoms with Crippen LogP contribution in [0, 0.1) is 17.4 Å². The molecule has 1 nitrogen and oxygen atoms in total. The van der Waals surface area contributed by atoms with Crippen molar-refractivity contribution in [1.29, 1.82) is 0 Å². The zero-order chi connectivity index (χ0) is 9.99. The Bertz CT molecular complexity index is 111. The lowest BCUT2D eigenvalue weighted by molar-refractivity contribution is 0.149. The molecule has 0 aromatic heterocycles. The van der Waals surface area contributed by atoms with Crippen LogP contribution in [0.15, 0.2) is 0 Å². The Morgan fingerprint density at radius 1 is 0.917 bits per heavy atom. The number of hydrogen-bond donors (Lipinski definition) is 1. The van der Waals surface area contributed by atoms with Gasteiger partial charge < -0.3 is 5.32 Å². The Kier molecular flexibility index (Phi) is 3.77. The average Bonchev–Trinajstić information content (AvgIpc) is 1.77. The van der Waals surface area contributed by atoms with Gasteiger partial charge in [-0.3, -0.25) is 0 Å². The van der Waals surface area contributed by atoms with Gasteiger partial charge in [0, 0.05) is 12.6 Å². The lowest BCUT2D eigenvalue weighted by Gasteiger charge is -2.41. The monoisotopic (exact) mass is 170 g/mol. The van der Waals surface area contributed by atoms with Crippen molar-refractivity contribution in [3.8, 4) is 0 Å². The largest absolute Gasteiger partial charge is 0.309 e. The SMILES string of the molecule is C[CH]NC(C(C)(C)C)C(C)(C)C. The van der Waals surface area contributed by atoms with Crippen LogP contribution in [0.4, 0.5) is 0 Å². The highest BCUT2D eigenvalue weighted by Gasteiger charge is 2.33. The highest BCUT2D eigenvalue weighted by atomic mass is 14.9. The predicted octanol–water partition coefficient (Wildman–Crippen LogP) is 3.22. The first-order valence-electron chi connectivity index (χ1n) is 4.73. The van der Waals surface area contributed by atoms with Gasteiger partial charge in [-0.15, -0.1) is 0 Å². The molecule has 0 aromatic carbocycles. The van der Waals surface area contributed by atoms with Gasteiger partial charge in [-0.1, -0.05) is 41.5 Å². The number of nitrogens with one attached hydrogen (secondary N) is 1. The second-order valence-electron chi connectivity index (χ2n) is 5.62. The van der Waals surface area contributed by atoms with E-state index >= 15 is 0 Å². The van der Waals surface area contributed by atoms with E-state index in [0.717, 1.165) is 0 Å². The first kappa shape index (κ1) is 12.0. The Balaban J connectivity index is 4.45. The fraction of sp³-hybridized carbons (Fsp3) is 0.909. The second-order valence-corrected chi connectivity index (χ2v) is 5.62. The zero-order valence-electron chi connectivity index (χ0n) is 9.65. The van der Waals surface area contributed by atoms with Crippen LogP contribution in [-0.2, 0) is 0 Å². The van der Waals surface area contributed by atoms with E-state index in [1.165, 1.54) is 0 Å². The van der Waals surface area contributed by atoms with Crippen molar-refractivity contribution < 1.29 is 0 Å². The first-order chi connectivity index (χ1) is 5.19. The van der Waals surface area contributed by atoms with Crippen LogP contribution in [-0.4, -0.2) is 6.04 Å². The third kappa shape index (κ3) is 3.57. The van der Waals surface area contributed by atoms with Crippen molar-refractivity contribution >= 4 is 0 Å². The summed E-state index contributed by atoms with van der Waals surface area (Å²) in [5.41, 5.74) is 0.621. The van der Waals surface area contributed by atoms with E-state index in [2.05, 4.69) is 46.9 Å². The molecular weight excluding hydrogens is 146 g/mol. The van der Waals surface area contributed by atoms with E-state index in [1.54, 1.807) is 0 Å². The van der Waals surface area contributed by atoms with Crippen molar-refractivity contribution in [3.05, 3.63) is 6.54 Å². The van der Waals surface area contributed by atoms with E-state index in [0.29, 0.717) is 16.9 Å². The molecule has 0 aliphatic carbocycles. The van der Waals surface area contributed by atoms with Gasteiger partial charge in [0.05, 0.1) is 0 Å². The van der Waals surface area contributed by atoms with E-state index in [-0.39, 0.29) is 0 Å². The lowest BCUT2D eigenvalue weighted by Crippen LogP contribution is -2.47. The second kappa shape index (κ2) is 3.78. The van der Waals surface area contributed by atoms with Crippen molar-refractivity contribution in [1.82, 2.24) is 5.32 Å². The molecule has 0 rings (SSSR count). The van der Waals surface area contributed by atoms with Crippen LogP contribution in [0.25, 0.3) is 0 Å². The molecule has 0 atom stereocenters. The lowest BCUT2D eigenvalue weighted by atomic mass is 9.72.